The maximum absolute atomic E-state index is 14.6. The molecule has 0 heterocycles. The van der Waals surface area contributed by atoms with Crippen LogP contribution in [-0.2, 0) is 14.9 Å². The molecule has 1 fully saturated rings. The van der Waals surface area contributed by atoms with Crippen molar-refractivity contribution < 1.29 is 9.53 Å². The Morgan fingerprint density at radius 2 is 1.42 bits per heavy atom. The quantitative estimate of drug-likeness (QED) is 0.115. The van der Waals surface area contributed by atoms with E-state index in [0.29, 0.717) is 11.8 Å². The van der Waals surface area contributed by atoms with Gasteiger partial charge in [0.05, 0.1) is 0 Å². The van der Waals surface area contributed by atoms with Crippen molar-refractivity contribution in [3.63, 3.8) is 0 Å². The van der Waals surface area contributed by atoms with Crippen molar-refractivity contribution in [3.8, 4) is 0 Å². The van der Waals surface area contributed by atoms with E-state index in [1.165, 1.54) is 63.8 Å². The van der Waals surface area contributed by atoms with E-state index in [9.17, 15) is 4.79 Å². The second kappa shape index (κ2) is 17.8. The van der Waals surface area contributed by atoms with E-state index in [2.05, 4.69) is 109 Å². The number of carbonyl (C=O) groups is 1. The number of rotatable bonds is 18. The van der Waals surface area contributed by atoms with E-state index in [0.717, 1.165) is 34.8 Å². The summed E-state index contributed by atoms with van der Waals surface area (Å²) in [6, 6.07) is 21.4. The van der Waals surface area contributed by atoms with Crippen LogP contribution >= 0.6 is 0 Å². The summed E-state index contributed by atoms with van der Waals surface area (Å²) in [5, 5.41) is 0. The van der Waals surface area contributed by atoms with Gasteiger partial charge in [-0.25, -0.2) is 0 Å². The number of benzene rings is 2. The molecule has 2 nitrogen and oxygen atoms in total. The van der Waals surface area contributed by atoms with Crippen molar-refractivity contribution in [1.82, 2.24) is 0 Å². The first kappa shape index (κ1) is 35.9. The van der Waals surface area contributed by atoms with Crippen LogP contribution < -0.4 is 0 Å². The van der Waals surface area contributed by atoms with Crippen molar-refractivity contribution in [2.75, 3.05) is 0 Å². The first-order valence-corrected chi connectivity index (χ1v) is 25.7. The van der Waals surface area contributed by atoms with Crippen molar-refractivity contribution in [2.45, 2.75) is 135 Å². The molecule has 238 valence electrons. The fourth-order valence-corrected chi connectivity index (χ4v) is 25.0. The summed E-state index contributed by atoms with van der Waals surface area (Å²) >= 11 is -2.63. The number of allylic oxidation sites excluding steroid dienone is 1. The van der Waals surface area contributed by atoms with Crippen molar-refractivity contribution in [3.05, 3.63) is 78.4 Å². The van der Waals surface area contributed by atoms with Crippen LogP contribution in [0.4, 0.5) is 0 Å². The van der Waals surface area contributed by atoms with Crippen LogP contribution in [0.2, 0.25) is 17.7 Å². The zero-order valence-corrected chi connectivity index (χ0v) is 31.4. The van der Waals surface area contributed by atoms with Gasteiger partial charge in [-0.2, -0.15) is 0 Å². The number of hydrogen-bond donors (Lipinski definition) is 0. The van der Waals surface area contributed by atoms with E-state index in [1.54, 1.807) is 0 Å². The van der Waals surface area contributed by atoms with E-state index >= 15 is 0 Å². The predicted molar refractivity (Wildman–Crippen MR) is 189 cm³/mol. The number of hydrogen-bond acceptors (Lipinski definition) is 2. The van der Waals surface area contributed by atoms with Crippen LogP contribution in [0.15, 0.2) is 67.2 Å². The zero-order valence-electron chi connectivity index (χ0n) is 28.5. The van der Waals surface area contributed by atoms with Crippen molar-refractivity contribution >= 4 is 29.9 Å². The van der Waals surface area contributed by atoms with Gasteiger partial charge >= 0.3 is 271 Å². The Hall–Kier alpha value is -1.55. The molecule has 2 aromatic carbocycles. The normalized spacial score (nSPS) is 20.0. The van der Waals surface area contributed by atoms with Gasteiger partial charge in [0.15, 0.2) is 0 Å². The molecule has 0 unspecified atom stereocenters. The zero-order chi connectivity index (χ0) is 31.3. The summed E-state index contributed by atoms with van der Waals surface area (Å²) in [5.74, 6) is 0.888. The topological polar surface area (TPSA) is 26.3 Å². The van der Waals surface area contributed by atoms with Gasteiger partial charge in [-0.15, -0.1) is 0 Å². The molecule has 0 aliphatic heterocycles. The Bertz CT molecular complexity index is 1070. The summed E-state index contributed by atoms with van der Waals surface area (Å²) in [4.78, 5) is 14.6. The molecule has 0 N–H and O–H groups in total. The van der Waals surface area contributed by atoms with E-state index in [4.69, 9.17) is 4.74 Å². The molecule has 3 heteroatoms. The Morgan fingerprint density at radius 3 is 1.95 bits per heavy atom. The molecule has 1 aliphatic rings. The molecular weight excluding hydrogens is 631 g/mol. The van der Waals surface area contributed by atoms with E-state index < -0.39 is 18.4 Å². The maximum atomic E-state index is 14.6. The van der Waals surface area contributed by atoms with Gasteiger partial charge in [0, 0.05) is 0 Å². The minimum atomic E-state index is -2.63. The summed E-state index contributed by atoms with van der Waals surface area (Å²) in [6.07, 6.45) is 11.7. The standard InChI is InChI=1S/C28H35O2.3C4H9.Sn/c1-20-16-17-25(28(4,5)24-14-10-7-11-15-24)26(18-20)30-27(29)22(3)19-21(2)23-12-8-6-9-13-23;3*1-3-4-2;/h6-15,20,22,25-26H,2-3,16-19H2,1,4-5H3;3*1,3-4H2,2H3;/t20-,22+,25-,26-;;;;/m1..../s1. The molecule has 0 amide bonds. The number of unbranched alkanes of at least 4 members (excludes halogenated alkanes) is 3. The monoisotopic (exact) mass is 694 g/mol. The minimum absolute atomic E-state index is 0.0366. The molecule has 0 radical (unpaired) electrons. The van der Waals surface area contributed by atoms with Gasteiger partial charge in [-0.3, -0.25) is 0 Å². The van der Waals surface area contributed by atoms with E-state index in [1.807, 2.05) is 0 Å². The van der Waals surface area contributed by atoms with Gasteiger partial charge in [0.25, 0.3) is 0 Å². The molecule has 1 saturated carbocycles. The third-order valence-corrected chi connectivity index (χ3v) is 26.6. The Labute approximate surface area is 269 Å². The molecule has 43 heavy (non-hydrogen) atoms. The first-order chi connectivity index (χ1) is 20.7. The predicted octanol–water partition coefficient (Wildman–Crippen LogP) is 11.9. The Kier molecular flexibility index (Phi) is 14.9. The van der Waals surface area contributed by atoms with Crippen molar-refractivity contribution in [1.29, 1.82) is 0 Å². The third kappa shape index (κ3) is 10.5. The molecule has 3 rings (SSSR count). The number of ether oxygens (including phenoxy) is 1. The van der Waals surface area contributed by atoms with Gasteiger partial charge in [-0.05, 0) is 0 Å². The summed E-state index contributed by atoms with van der Waals surface area (Å²) < 4.78 is 12.2. The van der Waals surface area contributed by atoms with Crippen LogP contribution in [0.25, 0.3) is 5.57 Å². The average molecular weight is 694 g/mol. The van der Waals surface area contributed by atoms with Gasteiger partial charge in [0.1, 0.15) is 0 Å². The molecule has 0 bridgehead atoms. The molecule has 4 atom stereocenters. The summed E-state index contributed by atoms with van der Waals surface area (Å²) in [6.45, 7) is 18.6. The fourth-order valence-electron chi connectivity index (χ4n) is 7.80. The second-order valence-electron chi connectivity index (χ2n) is 14.5. The van der Waals surface area contributed by atoms with Crippen LogP contribution in [-0.4, -0.2) is 30.5 Å². The van der Waals surface area contributed by atoms with Crippen LogP contribution in [0.3, 0.4) is 0 Å². The number of carbonyl (C=O) groups excluding carboxylic acids is 1. The molecule has 2 aromatic rings. The fraction of sp³-hybridized carbons (Fsp3) is 0.625. The van der Waals surface area contributed by atoms with Crippen LogP contribution in [0.5, 0.6) is 0 Å². The van der Waals surface area contributed by atoms with Gasteiger partial charge in [-0.1, -0.05) is 0 Å². The third-order valence-electron chi connectivity index (χ3n) is 10.6. The summed E-state index contributed by atoms with van der Waals surface area (Å²) in [7, 11) is 0. The SMILES string of the molecule is C=C(C[C@H]([CH2][Sn]([CH2]CCC)([CH2]CCC)[CH2]CCC)C(=O)O[C@@H]1C[C@H](C)CC[C@H]1C(C)(C)c1ccccc1)c1ccccc1. The molecule has 0 saturated heterocycles. The average Bonchev–Trinajstić information content (AvgIpc) is 3.02. The van der Waals surface area contributed by atoms with Crippen molar-refractivity contribution in [2.24, 2.45) is 17.8 Å². The Morgan fingerprint density at radius 1 is 0.884 bits per heavy atom. The van der Waals surface area contributed by atoms with Crippen LogP contribution in [0, 0.1) is 17.8 Å². The second-order valence-corrected chi connectivity index (χ2v) is 28.5. The van der Waals surface area contributed by atoms with Crippen LogP contribution in [0.1, 0.15) is 117 Å². The first-order valence-electron chi connectivity index (χ1n) is 17.6. The molecule has 0 spiro atoms. The van der Waals surface area contributed by atoms with Gasteiger partial charge in [0.2, 0.25) is 0 Å². The molecular formula is C40H62O2Sn. The summed E-state index contributed by atoms with van der Waals surface area (Å²) in [5.41, 5.74) is 3.54. The van der Waals surface area contributed by atoms with E-state index in [-0.39, 0.29) is 23.4 Å². The molecule has 1 aliphatic carbocycles. The van der Waals surface area contributed by atoms with Gasteiger partial charge < -0.3 is 0 Å². The number of esters is 1. The molecule has 0 aromatic heterocycles. The Balaban J connectivity index is 1.94.